The summed E-state index contributed by atoms with van der Waals surface area (Å²) in [5.74, 6) is 0.736. The van der Waals surface area contributed by atoms with Crippen LogP contribution >= 0.6 is 58.5 Å². The molecule has 0 aliphatic carbocycles. The number of hydrogen-bond acceptors (Lipinski definition) is 3. The van der Waals surface area contributed by atoms with Crippen molar-refractivity contribution in [3.05, 3.63) is 38.0 Å². The maximum Gasteiger partial charge on any atom is 0.191 e. The number of nitrogens with zero attached hydrogens (tertiary/aromatic N) is 3. The fourth-order valence-electron chi connectivity index (χ4n) is 1.99. The van der Waals surface area contributed by atoms with Gasteiger partial charge in [0.05, 0.1) is 22.3 Å². The Kier molecular flexibility index (Phi) is 8.66. The van der Waals surface area contributed by atoms with E-state index < -0.39 is 0 Å². The standard InChI is InChI=1S/C14H19Cl2N5S.HI/c1-9-20-10(8-22-9)4-5-18-14(17-2)19-7-11-6-12(15)13(16)21(11)3;/h6,8H,4-5,7H2,1-3H3,(H2,17,18,19);1H. The van der Waals surface area contributed by atoms with Crippen molar-refractivity contribution < 1.29 is 0 Å². The molecular weight excluding hydrogens is 468 g/mol. The van der Waals surface area contributed by atoms with Crippen LogP contribution in [-0.4, -0.2) is 29.1 Å². The van der Waals surface area contributed by atoms with E-state index in [1.807, 2.05) is 24.6 Å². The number of rotatable bonds is 5. The summed E-state index contributed by atoms with van der Waals surface area (Å²) in [6.45, 7) is 3.38. The van der Waals surface area contributed by atoms with Gasteiger partial charge in [0.25, 0.3) is 0 Å². The molecule has 2 aromatic heterocycles. The molecule has 2 rings (SSSR count). The zero-order valence-electron chi connectivity index (χ0n) is 13.2. The van der Waals surface area contributed by atoms with Crippen molar-refractivity contribution in [1.82, 2.24) is 20.2 Å². The smallest absolute Gasteiger partial charge is 0.191 e. The average Bonchev–Trinajstić information content (AvgIpc) is 3.02. The first-order chi connectivity index (χ1) is 10.5. The largest absolute Gasteiger partial charge is 0.356 e. The SMILES string of the molecule is CN=C(NCCc1csc(C)n1)NCc1cc(Cl)c(Cl)n1C.I. The van der Waals surface area contributed by atoms with Crippen LogP contribution in [0.5, 0.6) is 0 Å². The van der Waals surface area contributed by atoms with Crippen molar-refractivity contribution in [2.45, 2.75) is 19.9 Å². The third-order valence-corrected chi connectivity index (χ3v) is 4.88. The summed E-state index contributed by atoms with van der Waals surface area (Å²) in [4.78, 5) is 8.64. The molecule has 0 saturated carbocycles. The highest BCUT2D eigenvalue weighted by Crippen LogP contribution is 2.24. The summed E-state index contributed by atoms with van der Waals surface area (Å²) in [7, 11) is 3.62. The molecule has 0 saturated heterocycles. The Bertz CT molecular complexity index is 668. The summed E-state index contributed by atoms with van der Waals surface area (Å²) < 4.78 is 1.85. The summed E-state index contributed by atoms with van der Waals surface area (Å²) in [5, 5.41) is 10.8. The van der Waals surface area contributed by atoms with E-state index >= 15 is 0 Å². The second kappa shape index (κ2) is 9.71. The topological polar surface area (TPSA) is 54.2 Å². The number of halogens is 3. The first kappa shape index (κ1) is 20.5. The average molecular weight is 488 g/mol. The number of aromatic nitrogens is 2. The molecule has 5 nitrogen and oxygen atoms in total. The molecule has 128 valence electrons. The van der Waals surface area contributed by atoms with Crippen LogP contribution in [0.2, 0.25) is 10.2 Å². The van der Waals surface area contributed by atoms with Gasteiger partial charge >= 0.3 is 0 Å². The zero-order valence-corrected chi connectivity index (χ0v) is 17.8. The van der Waals surface area contributed by atoms with Crippen molar-refractivity contribution in [1.29, 1.82) is 0 Å². The van der Waals surface area contributed by atoms with Gasteiger partial charge in [-0.25, -0.2) is 4.98 Å². The number of guanidine groups is 1. The predicted molar refractivity (Wildman–Crippen MR) is 110 cm³/mol. The van der Waals surface area contributed by atoms with Crippen LogP contribution in [0, 0.1) is 6.92 Å². The van der Waals surface area contributed by atoms with Crippen LogP contribution in [-0.2, 0) is 20.0 Å². The van der Waals surface area contributed by atoms with Gasteiger partial charge in [-0.2, -0.15) is 0 Å². The third kappa shape index (κ3) is 5.81. The summed E-state index contributed by atoms with van der Waals surface area (Å²) in [6, 6.07) is 1.85. The van der Waals surface area contributed by atoms with E-state index in [4.69, 9.17) is 23.2 Å². The Balaban J connectivity index is 0.00000264. The highest BCUT2D eigenvalue weighted by Gasteiger charge is 2.09. The van der Waals surface area contributed by atoms with Crippen molar-refractivity contribution in [3.8, 4) is 0 Å². The minimum atomic E-state index is 0. The fourth-order valence-corrected chi connectivity index (χ4v) is 3.05. The van der Waals surface area contributed by atoms with Gasteiger partial charge in [0.15, 0.2) is 5.96 Å². The highest BCUT2D eigenvalue weighted by atomic mass is 127. The van der Waals surface area contributed by atoms with Crippen molar-refractivity contribution in [2.75, 3.05) is 13.6 Å². The first-order valence-electron chi connectivity index (χ1n) is 6.86. The van der Waals surface area contributed by atoms with Gasteiger partial charge in [-0.05, 0) is 13.0 Å². The number of thiazole rings is 1. The van der Waals surface area contributed by atoms with E-state index in [1.165, 1.54) is 0 Å². The molecule has 0 aromatic carbocycles. The van der Waals surface area contributed by atoms with E-state index in [0.29, 0.717) is 16.7 Å². The summed E-state index contributed by atoms with van der Waals surface area (Å²) in [6.07, 6.45) is 0.868. The second-order valence-corrected chi connectivity index (χ2v) is 6.62. The first-order valence-corrected chi connectivity index (χ1v) is 8.50. The van der Waals surface area contributed by atoms with Gasteiger partial charge in [0.1, 0.15) is 5.15 Å². The molecule has 9 heteroatoms. The Hall–Kier alpha value is -0.510. The van der Waals surface area contributed by atoms with E-state index in [-0.39, 0.29) is 24.0 Å². The maximum absolute atomic E-state index is 6.05. The lowest BCUT2D eigenvalue weighted by molar-refractivity contribution is 0.744. The quantitative estimate of drug-likeness (QED) is 0.384. The van der Waals surface area contributed by atoms with Crippen LogP contribution in [0.3, 0.4) is 0 Å². The van der Waals surface area contributed by atoms with Crippen LogP contribution in [0.4, 0.5) is 0 Å². The van der Waals surface area contributed by atoms with E-state index in [9.17, 15) is 0 Å². The Morgan fingerprint density at radius 2 is 2.13 bits per heavy atom. The van der Waals surface area contributed by atoms with Crippen LogP contribution in [0.15, 0.2) is 16.4 Å². The van der Waals surface area contributed by atoms with Crippen molar-refractivity contribution >= 4 is 64.5 Å². The van der Waals surface area contributed by atoms with Gasteiger partial charge in [-0.1, -0.05) is 23.2 Å². The summed E-state index contributed by atoms with van der Waals surface area (Å²) >= 11 is 13.7. The molecule has 2 N–H and O–H groups in total. The third-order valence-electron chi connectivity index (χ3n) is 3.22. The lowest BCUT2D eigenvalue weighted by Crippen LogP contribution is -2.38. The maximum atomic E-state index is 6.05. The van der Waals surface area contributed by atoms with Crippen LogP contribution in [0.1, 0.15) is 16.4 Å². The summed E-state index contributed by atoms with van der Waals surface area (Å²) in [5.41, 5.74) is 2.10. The fraction of sp³-hybridized carbons (Fsp3) is 0.429. The number of aryl methyl sites for hydroxylation is 1. The van der Waals surface area contributed by atoms with Crippen LogP contribution < -0.4 is 10.6 Å². The Labute approximate surface area is 167 Å². The second-order valence-electron chi connectivity index (χ2n) is 4.79. The van der Waals surface area contributed by atoms with Gasteiger partial charge < -0.3 is 15.2 Å². The predicted octanol–water partition coefficient (Wildman–Crippen LogP) is 3.62. The van der Waals surface area contributed by atoms with Gasteiger partial charge in [-0.3, -0.25) is 4.99 Å². The molecule has 0 fully saturated rings. The minimum Gasteiger partial charge on any atom is -0.356 e. The van der Waals surface area contributed by atoms with Gasteiger partial charge in [-0.15, -0.1) is 35.3 Å². The molecule has 0 aliphatic rings. The molecule has 2 aromatic rings. The molecule has 0 spiro atoms. The van der Waals surface area contributed by atoms with Gasteiger partial charge in [0.2, 0.25) is 0 Å². The molecule has 23 heavy (non-hydrogen) atoms. The Morgan fingerprint density at radius 3 is 2.65 bits per heavy atom. The normalized spacial score (nSPS) is 11.3. The highest BCUT2D eigenvalue weighted by molar-refractivity contribution is 14.0. The molecule has 0 amide bonds. The molecule has 0 radical (unpaired) electrons. The van der Waals surface area contributed by atoms with E-state index in [2.05, 4.69) is 26.0 Å². The number of hydrogen-bond donors (Lipinski definition) is 2. The number of nitrogens with one attached hydrogen (secondary N) is 2. The molecule has 0 unspecified atom stereocenters. The van der Waals surface area contributed by atoms with Crippen molar-refractivity contribution in [3.63, 3.8) is 0 Å². The molecule has 2 heterocycles. The molecule has 0 atom stereocenters. The molecule has 0 aliphatic heterocycles. The molecule has 0 bridgehead atoms. The van der Waals surface area contributed by atoms with E-state index in [0.717, 1.165) is 35.3 Å². The van der Waals surface area contributed by atoms with Crippen molar-refractivity contribution in [2.24, 2.45) is 12.0 Å². The minimum absolute atomic E-state index is 0. The Morgan fingerprint density at radius 1 is 1.39 bits per heavy atom. The van der Waals surface area contributed by atoms with Gasteiger partial charge in [0, 0.05) is 38.1 Å². The lowest BCUT2D eigenvalue weighted by atomic mass is 10.3. The number of aliphatic imine (C=N–C) groups is 1. The lowest BCUT2D eigenvalue weighted by Gasteiger charge is -2.12. The van der Waals surface area contributed by atoms with Crippen LogP contribution in [0.25, 0.3) is 0 Å². The molecular formula is C14H20Cl2IN5S. The monoisotopic (exact) mass is 487 g/mol. The van der Waals surface area contributed by atoms with E-state index in [1.54, 1.807) is 18.4 Å². The zero-order chi connectivity index (χ0) is 16.1.